The molecule has 1 aromatic carbocycles. The minimum Gasteiger partial charge on any atom is -0.390 e. The normalized spacial score (nSPS) is 12.8. The Hall–Kier alpha value is -3.14. The molecule has 0 aliphatic carbocycles. The van der Waals surface area contributed by atoms with Crippen molar-refractivity contribution in [3.8, 4) is 0 Å². The molecule has 0 spiro atoms. The highest BCUT2D eigenvalue weighted by Gasteiger charge is 2.30. The first-order chi connectivity index (χ1) is 13.3. The Morgan fingerprint density at radius 2 is 2.00 bits per heavy atom. The first-order valence-corrected chi connectivity index (χ1v) is 8.42. The smallest absolute Gasteiger partial charge is 0.390 e. The maximum absolute atomic E-state index is 12.7. The van der Waals surface area contributed by atoms with Gasteiger partial charge in [-0.3, -0.25) is 10.00 Å². The van der Waals surface area contributed by atoms with E-state index in [4.69, 9.17) is 0 Å². The van der Waals surface area contributed by atoms with Gasteiger partial charge in [-0.05, 0) is 18.6 Å². The SMILES string of the molecule is CC(NC(=O)Nc1cc2cnn(CC(F)(F)F)c2c(CO)n1)c1ccccc1. The summed E-state index contributed by atoms with van der Waals surface area (Å²) in [4.78, 5) is 16.3. The molecular formula is C18H18F3N5O2. The van der Waals surface area contributed by atoms with Crippen LogP contribution in [0.3, 0.4) is 0 Å². The highest BCUT2D eigenvalue weighted by Crippen LogP contribution is 2.25. The van der Waals surface area contributed by atoms with E-state index in [9.17, 15) is 23.1 Å². The Kier molecular flexibility index (Phi) is 5.50. The summed E-state index contributed by atoms with van der Waals surface area (Å²) in [6, 6.07) is 9.92. The summed E-state index contributed by atoms with van der Waals surface area (Å²) in [7, 11) is 0. The van der Waals surface area contributed by atoms with E-state index in [0.717, 1.165) is 10.2 Å². The molecule has 1 atom stereocenters. The lowest BCUT2D eigenvalue weighted by Crippen LogP contribution is -2.31. The second-order valence-electron chi connectivity index (χ2n) is 6.20. The molecule has 0 aliphatic rings. The lowest BCUT2D eigenvalue weighted by molar-refractivity contribution is -0.141. The number of benzene rings is 1. The Morgan fingerprint density at radius 3 is 2.64 bits per heavy atom. The van der Waals surface area contributed by atoms with Crippen molar-refractivity contribution in [2.24, 2.45) is 0 Å². The van der Waals surface area contributed by atoms with Gasteiger partial charge in [0.05, 0.1) is 30.1 Å². The highest BCUT2D eigenvalue weighted by molar-refractivity contribution is 5.92. The van der Waals surface area contributed by atoms with E-state index in [1.165, 1.54) is 12.3 Å². The quantitative estimate of drug-likeness (QED) is 0.620. The minimum absolute atomic E-state index is 0.00865. The van der Waals surface area contributed by atoms with E-state index in [2.05, 4.69) is 20.7 Å². The predicted molar refractivity (Wildman–Crippen MR) is 96.5 cm³/mol. The lowest BCUT2D eigenvalue weighted by Gasteiger charge is -2.15. The van der Waals surface area contributed by atoms with Crippen LogP contribution in [-0.2, 0) is 13.2 Å². The minimum atomic E-state index is -4.46. The monoisotopic (exact) mass is 393 g/mol. The standard InChI is InChI=1S/C18H18F3N5O2/c1-11(12-5-3-2-4-6-12)23-17(28)25-15-7-13-8-22-26(10-18(19,20)21)16(13)14(9-27)24-15/h2-8,11,27H,9-10H2,1H3,(H2,23,24,25,28). The van der Waals surface area contributed by atoms with Crippen LogP contribution in [-0.4, -0.2) is 32.1 Å². The molecule has 0 fully saturated rings. The van der Waals surface area contributed by atoms with Crippen LogP contribution in [0.5, 0.6) is 0 Å². The third kappa shape index (κ3) is 4.58. The number of aromatic nitrogens is 3. The van der Waals surface area contributed by atoms with E-state index in [1.807, 2.05) is 37.3 Å². The molecule has 148 valence electrons. The van der Waals surface area contributed by atoms with Crippen molar-refractivity contribution in [2.45, 2.75) is 32.3 Å². The fraction of sp³-hybridized carbons (Fsp3) is 0.278. The maximum Gasteiger partial charge on any atom is 0.408 e. The average molecular weight is 393 g/mol. The fourth-order valence-electron chi connectivity index (χ4n) is 2.84. The number of nitrogens with one attached hydrogen (secondary N) is 2. The number of amides is 2. The number of pyridine rings is 1. The van der Waals surface area contributed by atoms with Crippen LogP contribution in [0, 0.1) is 0 Å². The van der Waals surface area contributed by atoms with Crippen molar-refractivity contribution in [3.63, 3.8) is 0 Å². The van der Waals surface area contributed by atoms with Gasteiger partial charge in [-0.25, -0.2) is 9.78 Å². The van der Waals surface area contributed by atoms with Crippen molar-refractivity contribution in [3.05, 3.63) is 53.9 Å². The zero-order valence-corrected chi connectivity index (χ0v) is 14.9. The molecule has 2 aromatic heterocycles. The second kappa shape index (κ2) is 7.85. The third-order valence-corrected chi connectivity index (χ3v) is 4.06. The number of rotatable bonds is 5. The first-order valence-electron chi connectivity index (χ1n) is 8.42. The molecule has 0 aliphatic heterocycles. The number of nitrogens with zero attached hydrogens (tertiary/aromatic N) is 3. The zero-order chi connectivity index (χ0) is 20.3. The Bertz CT molecular complexity index is 973. The number of carbonyl (C=O) groups is 1. The number of aliphatic hydroxyl groups excluding tert-OH is 1. The molecule has 1 unspecified atom stereocenters. The van der Waals surface area contributed by atoms with Crippen LogP contribution in [0.1, 0.15) is 24.2 Å². The Labute approximate surface area is 158 Å². The highest BCUT2D eigenvalue weighted by atomic mass is 19.4. The summed E-state index contributed by atoms with van der Waals surface area (Å²) < 4.78 is 38.8. The number of hydrogen-bond donors (Lipinski definition) is 3. The van der Waals surface area contributed by atoms with Gasteiger partial charge in [-0.1, -0.05) is 30.3 Å². The van der Waals surface area contributed by atoms with Gasteiger partial charge in [0.15, 0.2) is 0 Å². The number of aliphatic hydroxyl groups is 1. The van der Waals surface area contributed by atoms with E-state index in [-0.39, 0.29) is 23.1 Å². The Morgan fingerprint density at radius 1 is 1.29 bits per heavy atom. The molecule has 28 heavy (non-hydrogen) atoms. The molecule has 2 amide bonds. The summed E-state index contributed by atoms with van der Waals surface area (Å²) in [6.45, 7) is -0.0868. The van der Waals surface area contributed by atoms with Gasteiger partial charge < -0.3 is 10.4 Å². The van der Waals surface area contributed by atoms with E-state index >= 15 is 0 Å². The predicted octanol–water partition coefficient (Wildman–Crippen LogP) is 3.37. The number of halogens is 3. The molecule has 0 bridgehead atoms. The molecule has 3 rings (SSSR count). The van der Waals surface area contributed by atoms with Gasteiger partial charge in [-0.2, -0.15) is 18.3 Å². The van der Waals surface area contributed by atoms with E-state index in [1.54, 1.807) is 0 Å². The molecule has 3 N–H and O–H groups in total. The molecule has 0 radical (unpaired) electrons. The average Bonchev–Trinajstić information content (AvgIpc) is 3.02. The van der Waals surface area contributed by atoms with E-state index in [0.29, 0.717) is 5.39 Å². The Balaban J connectivity index is 1.79. The van der Waals surface area contributed by atoms with Gasteiger partial charge >= 0.3 is 12.2 Å². The van der Waals surface area contributed by atoms with Crippen LogP contribution in [0.2, 0.25) is 0 Å². The van der Waals surface area contributed by atoms with Crippen molar-refractivity contribution < 1.29 is 23.1 Å². The number of anilines is 1. The maximum atomic E-state index is 12.7. The molecule has 0 saturated heterocycles. The molecule has 0 saturated carbocycles. The van der Waals surface area contributed by atoms with Crippen LogP contribution < -0.4 is 10.6 Å². The third-order valence-electron chi connectivity index (χ3n) is 4.06. The van der Waals surface area contributed by atoms with Crippen molar-refractivity contribution in [1.29, 1.82) is 0 Å². The molecule has 2 heterocycles. The summed E-state index contributed by atoms with van der Waals surface area (Å²) in [5, 5.41) is 18.8. The number of carbonyl (C=O) groups excluding carboxylic acids is 1. The molecule has 10 heteroatoms. The van der Waals surface area contributed by atoms with E-state index < -0.39 is 25.4 Å². The van der Waals surface area contributed by atoms with Crippen LogP contribution >= 0.6 is 0 Å². The van der Waals surface area contributed by atoms with Crippen LogP contribution in [0.4, 0.5) is 23.8 Å². The van der Waals surface area contributed by atoms with Crippen molar-refractivity contribution in [1.82, 2.24) is 20.1 Å². The van der Waals surface area contributed by atoms with Gasteiger partial charge in [0, 0.05) is 5.39 Å². The second-order valence-corrected chi connectivity index (χ2v) is 6.20. The van der Waals surface area contributed by atoms with Crippen LogP contribution in [0.15, 0.2) is 42.6 Å². The molecular weight excluding hydrogens is 375 g/mol. The fourth-order valence-corrected chi connectivity index (χ4v) is 2.84. The van der Waals surface area contributed by atoms with Gasteiger partial charge in [0.25, 0.3) is 0 Å². The largest absolute Gasteiger partial charge is 0.408 e. The lowest BCUT2D eigenvalue weighted by atomic mass is 10.1. The van der Waals surface area contributed by atoms with Gasteiger partial charge in [0.2, 0.25) is 0 Å². The topological polar surface area (TPSA) is 92.1 Å². The zero-order valence-electron chi connectivity index (χ0n) is 14.9. The van der Waals surface area contributed by atoms with Crippen LogP contribution in [0.25, 0.3) is 10.9 Å². The molecule has 7 nitrogen and oxygen atoms in total. The number of hydrogen-bond acceptors (Lipinski definition) is 4. The number of alkyl halides is 3. The van der Waals surface area contributed by atoms with Gasteiger partial charge in [-0.15, -0.1) is 0 Å². The number of fused-ring (bicyclic) bond motifs is 1. The number of urea groups is 1. The summed E-state index contributed by atoms with van der Waals surface area (Å²) in [6.07, 6.45) is -3.23. The molecule has 3 aromatic rings. The van der Waals surface area contributed by atoms with Crippen molar-refractivity contribution in [2.75, 3.05) is 5.32 Å². The van der Waals surface area contributed by atoms with Crippen molar-refractivity contribution >= 4 is 22.8 Å². The summed E-state index contributed by atoms with van der Waals surface area (Å²) >= 11 is 0. The summed E-state index contributed by atoms with van der Waals surface area (Å²) in [5.74, 6) is 0.0980. The first kappa shape index (κ1) is 19.6. The summed E-state index contributed by atoms with van der Waals surface area (Å²) in [5.41, 5.74) is 0.972. The van der Waals surface area contributed by atoms with Gasteiger partial charge in [0.1, 0.15) is 12.4 Å².